The molecule has 0 aliphatic carbocycles. The molecule has 0 saturated carbocycles. The molecule has 3 nitrogen and oxygen atoms in total. The quantitative estimate of drug-likeness (QED) is 0.807. The molecule has 0 unspecified atom stereocenters. The van der Waals surface area contributed by atoms with Gasteiger partial charge >= 0.3 is 0 Å². The Morgan fingerprint density at radius 3 is 2.72 bits per heavy atom. The maximum atomic E-state index is 11.1. The molecule has 0 bridgehead atoms. The first kappa shape index (κ1) is 14.8. The van der Waals surface area contributed by atoms with Gasteiger partial charge in [0.15, 0.2) is 0 Å². The largest absolute Gasteiger partial charge is 0.496 e. The van der Waals surface area contributed by atoms with Crippen LogP contribution in [0.1, 0.15) is 30.9 Å². The zero-order chi connectivity index (χ0) is 13.5. The van der Waals surface area contributed by atoms with Gasteiger partial charge in [-0.1, -0.05) is 26.0 Å². The van der Waals surface area contributed by atoms with E-state index >= 15 is 0 Å². The Bertz CT molecular complexity index is 405. The maximum absolute atomic E-state index is 11.1. The van der Waals surface area contributed by atoms with Crippen molar-refractivity contribution < 1.29 is 9.53 Å². The van der Waals surface area contributed by atoms with E-state index in [2.05, 4.69) is 31.3 Å². The van der Waals surface area contributed by atoms with Crippen LogP contribution in [-0.2, 0) is 11.2 Å². The van der Waals surface area contributed by atoms with Crippen molar-refractivity contribution >= 4 is 17.5 Å². The van der Waals surface area contributed by atoms with Gasteiger partial charge in [-0.3, -0.25) is 4.79 Å². The zero-order valence-electron chi connectivity index (χ0n) is 11.1. The number of ether oxygens (including phenoxy) is 1. The summed E-state index contributed by atoms with van der Waals surface area (Å²) in [5, 5.41) is 2.75. The molecule has 0 fully saturated rings. The third-order valence-electron chi connectivity index (χ3n) is 2.81. The molecule has 0 aliphatic heterocycles. The lowest BCUT2D eigenvalue weighted by molar-refractivity contribution is -0.118. The Morgan fingerprint density at radius 1 is 1.44 bits per heavy atom. The number of amides is 1. The van der Waals surface area contributed by atoms with E-state index in [-0.39, 0.29) is 11.8 Å². The van der Waals surface area contributed by atoms with Gasteiger partial charge in [-0.15, -0.1) is 11.6 Å². The summed E-state index contributed by atoms with van der Waals surface area (Å²) in [6.45, 7) is 4.88. The van der Waals surface area contributed by atoms with E-state index in [4.69, 9.17) is 16.3 Å². The van der Waals surface area contributed by atoms with Gasteiger partial charge in [-0.2, -0.15) is 0 Å². The molecule has 1 aromatic rings. The Balaban J connectivity index is 2.72. The van der Waals surface area contributed by atoms with Crippen molar-refractivity contribution in [1.29, 1.82) is 0 Å². The van der Waals surface area contributed by atoms with Gasteiger partial charge in [0.25, 0.3) is 0 Å². The lowest BCUT2D eigenvalue weighted by atomic mass is 9.99. The Labute approximate surface area is 113 Å². The maximum Gasteiger partial charge on any atom is 0.234 e. The highest BCUT2D eigenvalue weighted by atomic mass is 35.5. The number of benzene rings is 1. The van der Waals surface area contributed by atoms with E-state index in [1.54, 1.807) is 7.11 Å². The Kier molecular flexibility index (Phi) is 5.99. The van der Waals surface area contributed by atoms with Gasteiger partial charge in [-0.25, -0.2) is 0 Å². The van der Waals surface area contributed by atoms with Crippen LogP contribution in [0.5, 0.6) is 5.75 Å². The second-order valence-electron chi connectivity index (χ2n) is 4.46. The molecule has 0 spiro atoms. The summed E-state index contributed by atoms with van der Waals surface area (Å²) in [4.78, 5) is 11.1. The zero-order valence-corrected chi connectivity index (χ0v) is 11.9. The third kappa shape index (κ3) is 4.22. The van der Waals surface area contributed by atoms with Crippen LogP contribution >= 0.6 is 11.6 Å². The van der Waals surface area contributed by atoms with Crippen LogP contribution in [0.25, 0.3) is 0 Å². The van der Waals surface area contributed by atoms with E-state index in [9.17, 15) is 4.79 Å². The summed E-state index contributed by atoms with van der Waals surface area (Å²) in [5.41, 5.74) is 2.38. The minimum atomic E-state index is -0.143. The summed E-state index contributed by atoms with van der Waals surface area (Å²) in [6.07, 6.45) is 0.742. The van der Waals surface area contributed by atoms with Crippen LogP contribution in [0.3, 0.4) is 0 Å². The molecular weight excluding hydrogens is 250 g/mol. The van der Waals surface area contributed by atoms with Gasteiger partial charge in [0, 0.05) is 6.54 Å². The summed E-state index contributed by atoms with van der Waals surface area (Å²) >= 11 is 5.42. The number of carbonyl (C=O) groups excluding carboxylic acids is 1. The van der Waals surface area contributed by atoms with E-state index in [1.165, 1.54) is 5.56 Å². The van der Waals surface area contributed by atoms with E-state index < -0.39 is 0 Å². The molecule has 100 valence electrons. The summed E-state index contributed by atoms with van der Waals surface area (Å²) in [6, 6.07) is 6.19. The normalized spacial score (nSPS) is 10.5. The molecule has 1 N–H and O–H groups in total. The molecule has 0 aliphatic rings. The van der Waals surface area contributed by atoms with Gasteiger partial charge in [-0.05, 0) is 29.5 Å². The SMILES string of the molecule is COc1ccc(C(C)C)cc1CCNC(=O)CCl. The second kappa shape index (κ2) is 7.27. The van der Waals surface area contributed by atoms with Crippen molar-refractivity contribution in [3.05, 3.63) is 29.3 Å². The van der Waals surface area contributed by atoms with Gasteiger partial charge < -0.3 is 10.1 Å². The first-order chi connectivity index (χ1) is 8.58. The smallest absolute Gasteiger partial charge is 0.234 e. The van der Waals surface area contributed by atoms with Gasteiger partial charge in [0.05, 0.1) is 7.11 Å². The van der Waals surface area contributed by atoms with E-state index in [0.717, 1.165) is 17.7 Å². The highest BCUT2D eigenvalue weighted by Gasteiger charge is 2.07. The van der Waals surface area contributed by atoms with Crippen LogP contribution in [0.2, 0.25) is 0 Å². The molecule has 0 saturated heterocycles. The molecule has 0 atom stereocenters. The molecule has 1 rings (SSSR count). The van der Waals surface area contributed by atoms with Crippen molar-refractivity contribution in [3.63, 3.8) is 0 Å². The predicted octanol–water partition coefficient (Wildman–Crippen LogP) is 2.72. The topological polar surface area (TPSA) is 38.3 Å². The third-order valence-corrected chi connectivity index (χ3v) is 3.05. The summed E-state index contributed by atoms with van der Waals surface area (Å²) in [5.74, 6) is 1.20. The van der Waals surface area contributed by atoms with Crippen molar-refractivity contribution in [2.45, 2.75) is 26.2 Å². The van der Waals surface area contributed by atoms with Crippen molar-refractivity contribution in [2.24, 2.45) is 0 Å². The Hall–Kier alpha value is -1.22. The fourth-order valence-electron chi connectivity index (χ4n) is 1.74. The monoisotopic (exact) mass is 269 g/mol. The first-order valence-electron chi connectivity index (χ1n) is 6.08. The van der Waals surface area contributed by atoms with Crippen LogP contribution in [0.4, 0.5) is 0 Å². The lowest BCUT2D eigenvalue weighted by Crippen LogP contribution is -2.26. The summed E-state index contributed by atoms with van der Waals surface area (Å²) < 4.78 is 5.33. The molecule has 0 aromatic heterocycles. The second-order valence-corrected chi connectivity index (χ2v) is 4.73. The molecule has 0 heterocycles. The van der Waals surface area contributed by atoms with E-state index in [1.807, 2.05) is 6.07 Å². The van der Waals surface area contributed by atoms with Crippen molar-refractivity contribution in [1.82, 2.24) is 5.32 Å². The fraction of sp³-hybridized carbons (Fsp3) is 0.500. The average Bonchev–Trinajstić information content (AvgIpc) is 2.38. The van der Waals surface area contributed by atoms with Crippen molar-refractivity contribution in [2.75, 3.05) is 19.5 Å². The molecule has 4 heteroatoms. The first-order valence-corrected chi connectivity index (χ1v) is 6.61. The minimum Gasteiger partial charge on any atom is -0.496 e. The standard InChI is InChI=1S/C14H20ClNO2/c1-10(2)11-4-5-13(18-3)12(8-11)6-7-16-14(17)9-15/h4-5,8,10H,6-7,9H2,1-3H3,(H,16,17). The highest BCUT2D eigenvalue weighted by Crippen LogP contribution is 2.24. The van der Waals surface area contributed by atoms with Crippen molar-refractivity contribution in [3.8, 4) is 5.75 Å². The average molecular weight is 270 g/mol. The lowest BCUT2D eigenvalue weighted by Gasteiger charge is -2.13. The van der Waals surface area contributed by atoms with Crippen LogP contribution in [0.15, 0.2) is 18.2 Å². The number of rotatable bonds is 6. The predicted molar refractivity (Wildman–Crippen MR) is 74.5 cm³/mol. The molecule has 1 amide bonds. The van der Waals surface area contributed by atoms with Crippen LogP contribution in [-0.4, -0.2) is 25.4 Å². The number of alkyl halides is 1. The number of carbonyl (C=O) groups is 1. The molecular formula is C14H20ClNO2. The number of hydrogen-bond acceptors (Lipinski definition) is 2. The molecule has 1 aromatic carbocycles. The van der Waals surface area contributed by atoms with Gasteiger partial charge in [0.2, 0.25) is 5.91 Å². The number of methoxy groups -OCH3 is 1. The van der Waals surface area contributed by atoms with E-state index in [0.29, 0.717) is 12.5 Å². The number of hydrogen-bond donors (Lipinski definition) is 1. The highest BCUT2D eigenvalue weighted by molar-refractivity contribution is 6.27. The van der Waals surface area contributed by atoms with Crippen LogP contribution in [0, 0.1) is 0 Å². The van der Waals surface area contributed by atoms with Crippen LogP contribution < -0.4 is 10.1 Å². The fourth-order valence-corrected chi connectivity index (χ4v) is 1.83. The number of nitrogens with one attached hydrogen (secondary N) is 1. The molecule has 0 radical (unpaired) electrons. The minimum absolute atomic E-state index is 0.00314. The Morgan fingerprint density at radius 2 is 2.17 bits per heavy atom. The molecule has 18 heavy (non-hydrogen) atoms. The van der Waals surface area contributed by atoms with Gasteiger partial charge in [0.1, 0.15) is 11.6 Å². The summed E-state index contributed by atoms with van der Waals surface area (Å²) in [7, 11) is 1.66. The number of halogens is 1.